The van der Waals surface area contributed by atoms with Gasteiger partial charge >= 0.3 is 0 Å². The Morgan fingerprint density at radius 1 is 0.929 bits per heavy atom. The number of nitrogens with one attached hydrogen (secondary N) is 1. The number of rotatable bonds is 10. The molecule has 0 bridgehead atoms. The van der Waals surface area contributed by atoms with Gasteiger partial charge in [-0.05, 0) is 30.5 Å². The quantitative estimate of drug-likeness (QED) is 0.374. The van der Waals surface area contributed by atoms with Crippen LogP contribution >= 0.6 is 0 Å². The van der Waals surface area contributed by atoms with Crippen LogP contribution < -0.4 is 19.6 Å². The number of amides is 1. The van der Waals surface area contributed by atoms with E-state index in [0.29, 0.717) is 22.8 Å². The molecule has 0 aliphatic carbocycles. The van der Waals surface area contributed by atoms with Crippen molar-refractivity contribution in [1.82, 2.24) is 5.43 Å². The van der Waals surface area contributed by atoms with Crippen LogP contribution in [0.15, 0.2) is 47.6 Å². The fourth-order valence-electron chi connectivity index (χ4n) is 2.83. The molecule has 0 spiro atoms. The highest BCUT2D eigenvalue weighted by molar-refractivity contribution is 6.02. The van der Waals surface area contributed by atoms with Gasteiger partial charge in [-0.3, -0.25) is 4.79 Å². The average Bonchev–Trinajstić information content (AvgIpc) is 2.75. The van der Waals surface area contributed by atoms with Gasteiger partial charge in [0.1, 0.15) is 0 Å². The van der Waals surface area contributed by atoms with Gasteiger partial charge in [-0.25, -0.2) is 5.43 Å². The Balaban J connectivity index is 2.25. The van der Waals surface area contributed by atoms with E-state index in [-0.39, 0.29) is 5.91 Å². The Hall–Kier alpha value is -3.02. The Kier molecular flexibility index (Phi) is 8.34. The Bertz CT molecular complexity index is 778. The molecule has 2 rings (SSSR count). The van der Waals surface area contributed by atoms with Gasteiger partial charge in [-0.1, -0.05) is 50.1 Å². The Morgan fingerprint density at radius 2 is 1.57 bits per heavy atom. The molecule has 1 N–H and O–H groups in total. The molecule has 0 unspecified atom stereocenters. The van der Waals surface area contributed by atoms with Crippen LogP contribution in [-0.4, -0.2) is 32.9 Å². The monoisotopic (exact) mass is 384 g/mol. The van der Waals surface area contributed by atoms with Crippen molar-refractivity contribution in [3.63, 3.8) is 0 Å². The highest BCUT2D eigenvalue weighted by atomic mass is 16.5. The van der Waals surface area contributed by atoms with Gasteiger partial charge < -0.3 is 14.2 Å². The molecule has 0 aromatic heterocycles. The highest BCUT2D eigenvalue weighted by Gasteiger charge is 2.17. The van der Waals surface area contributed by atoms with Crippen molar-refractivity contribution in [2.75, 3.05) is 21.3 Å². The molecule has 0 saturated heterocycles. The van der Waals surface area contributed by atoms with Crippen LogP contribution in [0.5, 0.6) is 17.2 Å². The summed E-state index contributed by atoms with van der Waals surface area (Å²) in [6, 6.07) is 13.1. The van der Waals surface area contributed by atoms with Gasteiger partial charge in [0, 0.05) is 5.56 Å². The number of hydrazone groups is 1. The van der Waals surface area contributed by atoms with E-state index < -0.39 is 0 Å². The van der Waals surface area contributed by atoms with Gasteiger partial charge in [0.2, 0.25) is 5.75 Å². The van der Waals surface area contributed by atoms with Crippen molar-refractivity contribution in [3.05, 3.63) is 53.6 Å². The molecule has 0 radical (unpaired) electrons. The SMILES string of the molecule is CCCCCC(=NNC(=O)c1cc(OC)c(OC)c(OC)c1)c1ccccc1. The summed E-state index contributed by atoms with van der Waals surface area (Å²) in [5, 5.41) is 4.40. The Labute approximate surface area is 166 Å². The second-order valence-electron chi connectivity index (χ2n) is 6.24. The van der Waals surface area contributed by atoms with Crippen LogP contribution in [0.4, 0.5) is 0 Å². The number of hydrogen-bond donors (Lipinski definition) is 1. The summed E-state index contributed by atoms with van der Waals surface area (Å²) >= 11 is 0. The first kappa shape index (κ1) is 21.3. The van der Waals surface area contributed by atoms with Crippen LogP contribution in [0, 0.1) is 0 Å². The minimum atomic E-state index is -0.344. The van der Waals surface area contributed by atoms with Gasteiger partial charge in [0.15, 0.2) is 11.5 Å². The second kappa shape index (κ2) is 11.0. The van der Waals surface area contributed by atoms with Crippen molar-refractivity contribution in [1.29, 1.82) is 0 Å². The van der Waals surface area contributed by atoms with E-state index in [1.165, 1.54) is 21.3 Å². The van der Waals surface area contributed by atoms with E-state index in [4.69, 9.17) is 14.2 Å². The third-order valence-corrected chi connectivity index (χ3v) is 4.34. The summed E-state index contributed by atoms with van der Waals surface area (Å²) < 4.78 is 15.9. The maximum absolute atomic E-state index is 12.7. The molecule has 0 fully saturated rings. The molecular formula is C22H28N2O4. The standard InChI is InChI=1S/C22H28N2O4/c1-5-6-8-13-18(16-11-9-7-10-12-16)23-24-22(25)17-14-19(26-2)21(28-4)20(15-17)27-3/h7,9-12,14-15H,5-6,8,13H2,1-4H3,(H,24,25). The van der Waals surface area contributed by atoms with Gasteiger partial charge in [0.05, 0.1) is 27.0 Å². The topological polar surface area (TPSA) is 69.2 Å². The lowest BCUT2D eigenvalue weighted by Gasteiger charge is -2.13. The van der Waals surface area contributed by atoms with E-state index in [1.807, 2.05) is 30.3 Å². The molecular weight excluding hydrogens is 356 g/mol. The first-order chi connectivity index (χ1) is 13.6. The predicted molar refractivity (Wildman–Crippen MR) is 111 cm³/mol. The summed E-state index contributed by atoms with van der Waals surface area (Å²) in [6.07, 6.45) is 4.06. The fourth-order valence-corrected chi connectivity index (χ4v) is 2.83. The summed E-state index contributed by atoms with van der Waals surface area (Å²) in [7, 11) is 4.55. The molecule has 2 aromatic carbocycles. The molecule has 2 aromatic rings. The zero-order valence-corrected chi connectivity index (χ0v) is 17.0. The minimum absolute atomic E-state index is 0.344. The van der Waals surface area contributed by atoms with Crippen LogP contribution in [0.2, 0.25) is 0 Å². The molecule has 28 heavy (non-hydrogen) atoms. The maximum atomic E-state index is 12.7. The number of benzene rings is 2. The van der Waals surface area contributed by atoms with E-state index in [1.54, 1.807) is 12.1 Å². The molecule has 150 valence electrons. The van der Waals surface area contributed by atoms with Gasteiger partial charge in [0.25, 0.3) is 5.91 Å². The van der Waals surface area contributed by atoms with Gasteiger partial charge in [-0.15, -0.1) is 0 Å². The number of methoxy groups -OCH3 is 3. The number of ether oxygens (including phenoxy) is 3. The van der Waals surface area contributed by atoms with Crippen molar-refractivity contribution in [2.45, 2.75) is 32.6 Å². The summed E-state index contributed by atoms with van der Waals surface area (Å²) in [5.74, 6) is 0.933. The van der Waals surface area contributed by atoms with Crippen LogP contribution in [0.3, 0.4) is 0 Å². The zero-order chi connectivity index (χ0) is 20.4. The fraction of sp³-hybridized carbons (Fsp3) is 0.364. The van der Waals surface area contributed by atoms with Crippen LogP contribution in [0.1, 0.15) is 48.5 Å². The minimum Gasteiger partial charge on any atom is -0.493 e. The van der Waals surface area contributed by atoms with Crippen LogP contribution in [-0.2, 0) is 0 Å². The average molecular weight is 384 g/mol. The van der Waals surface area contributed by atoms with E-state index in [9.17, 15) is 4.79 Å². The number of hydrogen-bond acceptors (Lipinski definition) is 5. The van der Waals surface area contributed by atoms with E-state index in [0.717, 1.165) is 37.0 Å². The molecule has 6 nitrogen and oxygen atoms in total. The second-order valence-corrected chi connectivity index (χ2v) is 6.24. The predicted octanol–water partition coefficient (Wildman–Crippen LogP) is 4.43. The molecule has 0 aliphatic heterocycles. The van der Waals surface area contributed by atoms with E-state index >= 15 is 0 Å². The summed E-state index contributed by atoms with van der Waals surface area (Å²) in [6.45, 7) is 2.16. The molecule has 6 heteroatoms. The molecule has 0 atom stereocenters. The number of unbranched alkanes of at least 4 members (excludes halogenated alkanes) is 2. The number of carbonyl (C=O) groups is 1. The lowest BCUT2D eigenvalue weighted by atomic mass is 10.0. The van der Waals surface area contributed by atoms with E-state index in [2.05, 4.69) is 17.5 Å². The Morgan fingerprint density at radius 3 is 2.11 bits per heavy atom. The van der Waals surface area contributed by atoms with Crippen molar-refractivity contribution in [3.8, 4) is 17.2 Å². The zero-order valence-electron chi connectivity index (χ0n) is 17.0. The van der Waals surface area contributed by atoms with Crippen LogP contribution in [0.25, 0.3) is 0 Å². The molecule has 1 amide bonds. The van der Waals surface area contributed by atoms with Crippen molar-refractivity contribution < 1.29 is 19.0 Å². The number of carbonyl (C=O) groups excluding carboxylic acids is 1. The molecule has 0 heterocycles. The largest absolute Gasteiger partial charge is 0.493 e. The normalized spacial score (nSPS) is 11.1. The summed E-state index contributed by atoms with van der Waals surface area (Å²) in [4.78, 5) is 12.7. The lowest BCUT2D eigenvalue weighted by molar-refractivity contribution is 0.0954. The lowest BCUT2D eigenvalue weighted by Crippen LogP contribution is -2.20. The molecule has 0 saturated carbocycles. The summed E-state index contributed by atoms with van der Waals surface area (Å²) in [5.41, 5.74) is 4.90. The van der Waals surface area contributed by atoms with Gasteiger partial charge in [-0.2, -0.15) is 5.10 Å². The maximum Gasteiger partial charge on any atom is 0.271 e. The third kappa shape index (κ3) is 5.49. The van der Waals surface area contributed by atoms with Crippen molar-refractivity contribution >= 4 is 11.6 Å². The molecule has 0 aliphatic rings. The number of nitrogens with zero attached hydrogens (tertiary/aromatic N) is 1. The highest BCUT2D eigenvalue weighted by Crippen LogP contribution is 2.38. The first-order valence-corrected chi connectivity index (χ1v) is 9.36. The smallest absolute Gasteiger partial charge is 0.271 e. The van der Waals surface area contributed by atoms with Crippen molar-refractivity contribution in [2.24, 2.45) is 5.10 Å². The third-order valence-electron chi connectivity index (χ3n) is 4.34. The first-order valence-electron chi connectivity index (χ1n) is 9.36.